The van der Waals surface area contributed by atoms with Crippen LogP contribution in [0.5, 0.6) is 0 Å². The number of nitrogens with one attached hydrogen (secondary N) is 1. The molecule has 0 bridgehead atoms. The average Bonchev–Trinajstić information content (AvgIpc) is 2.55. The molecule has 1 heterocycles. The van der Waals surface area contributed by atoms with Gasteiger partial charge >= 0.3 is 0 Å². The first kappa shape index (κ1) is 17.6. The molecule has 0 radical (unpaired) electrons. The van der Waals surface area contributed by atoms with Crippen molar-refractivity contribution in [1.29, 1.82) is 0 Å². The van der Waals surface area contributed by atoms with Crippen LogP contribution in [0.15, 0.2) is 24.3 Å². The van der Waals surface area contributed by atoms with Crippen molar-refractivity contribution in [3.05, 3.63) is 41.5 Å². The van der Waals surface area contributed by atoms with Crippen LogP contribution in [0.3, 0.4) is 0 Å². The van der Waals surface area contributed by atoms with E-state index in [0.717, 1.165) is 70.0 Å². The van der Waals surface area contributed by atoms with E-state index in [2.05, 4.69) is 10.2 Å². The van der Waals surface area contributed by atoms with Crippen molar-refractivity contribution in [2.75, 3.05) is 39.4 Å². The van der Waals surface area contributed by atoms with Crippen LogP contribution in [0.4, 0.5) is 8.78 Å². The smallest absolute Gasteiger partial charge is 0.244 e. The number of halogens is 2. The number of unbranched alkanes of at least 4 members (excludes halogenated alkanes) is 1. The maximum Gasteiger partial charge on any atom is 0.244 e. The van der Waals surface area contributed by atoms with Gasteiger partial charge in [0.15, 0.2) is 0 Å². The summed E-state index contributed by atoms with van der Waals surface area (Å²) in [6.07, 6.45) is 4.17. The summed E-state index contributed by atoms with van der Waals surface area (Å²) < 4.78 is 32.1. The molecule has 0 saturated carbocycles. The Hall–Kier alpha value is -1.79. The highest BCUT2D eigenvalue weighted by molar-refractivity contribution is 5.91. The number of carbonyl (C=O) groups excluding carboxylic acids is 1. The average molecular weight is 324 g/mol. The Morgan fingerprint density at radius 2 is 1.91 bits per heavy atom. The normalized spacial score (nSPS) is 15.9. The van der Waals surface area contributed by atoms with Crippen LogP contribution in [-0.4, -0.2) is 50.2 Å². The highest BCUT2D eigenvalue weighted by Crippen LogP contribution is 2.13. The molecule has 1 N–H and O–H groups in total. The number of ether oxygens (including phenoxy) is 1. The van der Waals surface area contributed by atoms with Crippen LogP contribution in [0.25, 0.3) is 6.08 Å². The van der Waals surface area contributed by atoms with E-state index in [9.17, 15) is 13.6 Å². The molecule has 1 aliphatic rings. The van der Waals surface area contributed by atoms with Gasteiger partial charge in [-0.15, -0.1) is 0 Å². The predicted octanol–water partition coefficient (Wildman–Crippen LogP) is 2.21. The van der Waals surface area contributed by atoms with Gasteiger partial charge in [0.1, 0.15) is 11.6 Å². The molecule has 23 heavy (non-hydrogen) atoms. The lowest BCUT2D eigenvalue weighted by Gasteiger charge is -2.26. The molecule has 0 aromatic heterocycles. The van der Waals surface area contributed by atoms with Crippen LogP contribution < -0.4 is 5.32 Å². The molecule has 126 valence electrons. The maximum absolute atomic E-state index is 13.4. The van der Waals surface area contributed by atoms with Crippen LogP contribution in [0, 0.1) is 11.6 Å². The number of hydrogen-bond donors (Lipinski definition) is 1. The van der Waals surface area contributed by atoms with Gasteiger partial charge in [-0.2, -0.15) is 0 Å². The second-order valence-electron chi connectivity index (χ2n) is 5.42. The Labute approximate surface area is 135 Å². The number of nitrogens with zero attached hydrogens (tertiary/aromatic N) is 1. The van der Waals surface area contributed by atoms with Gasteiger partial charge < -0.3 is 10.1 Å². The molecule has 1 aromatic carbocycles. The molecule has 4 nitrogen and oxygen atoms in total. The lowest BCUT2D eigenvalue weighted by molar-refractivity contribution is -0.116. The lowest BCUT2D eigenvalue weighted by atomic mass is 10.2. The Morgan fingerprint density at radius 1 is 1.22 bits per heavy atom. The van der Waals surface area contributed by atoms with Crippen LogP contribution in [0.2, 0.25) is 0 Å². The molecular weight excluding hydrogens is 302 g/mol. The topological polar surface area (TPSA) is 41.6 Å². The molecule has 6 heteroatoms. The van der Waals surface area contributed by atoms with Crippen molar-refractivity contribution in [2.24, 2.45) is 0 Å². The second kappa shape index (κ2) is 9.37. The zero-order valence-corrected chi connectivity index (χ0v) is 13.1. The van der Waals surface area contributed by atoms with Crippen LogP contribution >= 0.6 is 0 Å². The minimum absolute atomic E-state index is 0.199. The molecule has 1 saturated heterocycles. The summed E-state index contributed by atoms with van der Waals surface area (Å²) >= 11 is 0. The molecule has 0 atom stereocenters. The van der Waals surface area contributed by atoms with E-state index < -0.39 is 11.6 Å². The van der Waals surface area contributed by atoms with Crippen molar-refractivity contribution >= 4 is 12.0 Å². The highest BCUT2D eigenvalue weighted by Gasteiger charge is 2.09. The van der Waals surface area contributed by atoms with Crippen LogP contribution in [0.1, 0.15) is 18.4 Å². The van der Waals surface area contributed by atoms with Crippen molar-refractivity contribution in [3.8, 4) is 0 Å². The number of rotatable bonds is 7. The van der Waals surface area contributed by atoms with Gasteiger partial charge in [-0.05, 0) is 37.6 Å². The van der Waals surface area contributed by atoms with Crippen molar-refractivity contribution in [1.82, 2.24) is 10.2 Å². The third kappa shape index (κ3) is 6.08. The first-order valence-corrected chi connectivity index (χ1v) is 7.87. The molecule has 1 aromatic rings. The van der Waals surface area contributed by atoms with Crippen molar-refractivity contribution in [2.45, 2.75) is 12.8 Å². The fourth-order valence-corrected chi connectivity index (χ4v) is 2.38. The van der Waals surface area contributed by atoms with Gasteiger partial charge in [0.05, 0.1) is 13.2 Å². The van der Waals surface area contributed by atoms with Crippen LogP contribution in [-0.2, 0) is 9.53 Å². The number of amides is 1. The molecule has 0 spiro atoms. The molecular formula is C17H22F2N2O2. The van der Waals surface area contributed by atoms with E-state index in [4.69, 9.17) is 4.74 Å². The molecule has 0 unspecified atom stereocenters. The van der Waals surface area contributed by atoms with Gasteiger partial charge in [0.2, 0.25) is 5.91 Å². The van der Waals surface area contributed by atoms with Crippen molar-refractivity contribution in [3.63, 3.8) is 0 Å². The van der Waals surface area contributed by atoms with Gasteiger partial charge in [0.25, 0.3) is 0 Å². The third-order valence-electron chi connectivity index (χ3n) is 3.71. The van der Waals surface area contributed by atoms with Gasteiger partial charge in [-0.3, -0.25) is 9.69 Å². The van der Waals surface area contributed by atoms with E-state index in [1.807, 2.05) is 0 Å². The molecule has 2 rings (SSSR count). The first-order chi connectivity index (χ1) is 11.2. The maximum atomic E-state index is 13.4. The second-order valence-corrected chi connectivity index (χ2v) is 5.42. The lowest BCUT2D eigenvalue weighted by Crippen LogP contribution is -2.37. The third-order valence-corrected chi connectivity index (χ3v) is 3.71. The van der Waals surface area contributed by atoms with E-state index in [1.165, 1.54) is 6.07 Å². The summed E-state index contributed by atoms with van der Waals surface area (Å²) in [5.74, 6) is -1.71. The van der Waals surface area contributed by atoms with Gasteiger partial charge in [-0.1, -0.05) is 6.07 Å². The monoisotopic (exact) mass is 324 g/mol. The minimum atomic E-state index is -0.681. The largest absolute Gasteiger partial charge is 0.379 e. The fraction of sp³-hybridized carbons (Fsp3) is 0.471. The van der Waals surface area contributed by atoms with E-state index in [1.54, 1.807) is 0 Å². The molecule has 1 aliphatic heterocycles. The zero-order chi connectivity index (χ0) is 16.5. The summed E-state index contributed by atoms with van der Waals surface area (Å²) in [5.41, 5.74) is -0.199. The quantitative estimate of drug-likeness (QED) is 0.618. The molecule has 0 aliphatic carbocycles. The van der Waals surface area contributed by atoms with Gasteiger partial charge in [-0.25, -0.2) is 8.78 Å². The summed E-state index contributed by atoms with van der Waals surface area (Å²) in [6, 6.07) is 3.61. The van der Waals surface area contributed by atoms with Crippen molar-refractivity contribution < 1.29 is 18.3 Å². The summed E-state index contributed by atoms with van der Waals surface area (Å²) in [4.78, 5) is 14.0. The summed E-state index contributed by atoms with van der Waals surface area (Å²) in [7, 11) is 0. The fourth-order valence-electron chi connectivity index (χ4n) is 2.38. The van der Waals surface area contributed by atoms with E-state index in [-0.39, 0.29) is 11.5 Å². The SMILES string of the molecule is O=C(C=Cc1c(F)cccc1F)NCCCCN1CCOCC1. The Morgan fingerprint density at radius 3 is 2.61 bits per heavy atom. The van der Waals surface area contributed by atoms with Gasteiger partial charge in [0, 0.05) is 31.3 Å². The number of morpholine rings is 1. The predicted molar refractivity (Wildman–Crippen MR) is 84.9 cm³/mol. The molecule has 1 amide bonds. The summed E-state index contributed by atoms with van der Waals surface area (Å²) in [5, 5.41) is 2.72. The van der Waals surface area contributed by atoms with E-state index in [0.29, 0.717) is 6.54 Å². The molecule has 1 fully saturated rings. The standard InChI is InChI=1S/C17H22F2N2O2/c18-15-4-3-5-16(19)14(15)6-7-17(22)20-8-1-2-9-21-10-12-23-13-11-21/h3-7H,1-2,8-13H2,(H,20,22). The number of hydrogen-bond acceptors (Lipinski definition) is 3. The Kier molecular flexibility index (Phi) is 7.16. The zero-order valence-electron chi connectivity index (χ0n) is 13.1. The summed E-state index contributed by atoms with van der Waals surface area (Å²) in [6.45, 7) is 5.04. The first-order valence-electron chi connectivity index (χ1n) is 7.87. The minimum Gasteiger partial charge on any atom is -0.379 e. The number of carbonyl (C=O) groups is 1. The number of benzene rings is 1. The van der Waals surface area contributed by atoms with E-state index >= 15 is 0 Å². The Bertz CT molecular complexity index is 523. The highest BCUT2D eigenvalue weighted by atomic mass is 19.1. The Balaban J connectivity index is 1.64.